The molecule has 1 N–H and O–H groups in total. The fraction of sp³-hybridized carbons (Fsp3) is 0.0588. The molecule has 0 radical (unpaired) electrons. The third-order valence-corrected chi connectivity index (χ3v) is 3.73. The molecule has 118 valence electrons. The number of pyridine rings is 1. The van der Waals surface area contributed by atoms with Crippen LogP contribution < -0.4 is 10.3 Å². The third-order valence-electron chi connectivity index (χ3n) is 3.73. The SMILES string of the molecule is COc1ccc2[nH]c3c(=O)n(/N=C\c4ccncc4)cnc3c2c1. The minimum absolute atomic E-state index is 0.263. The molecule has 0 bridgehead atoms. The lowest BCUT2D eigenvalue weighted by Gasteiger charge is -1.99. The zero-order valence-corrected chi connectivity index (χ0v) is 12.8. The predicted octanol–water partition coefficient (Wildman–Crippen LogP) is 2.16. The van der Waals surface area contributed by atoms with Gasteiger partial charge < -0.3 is 9.72 Å². The van der Waals surface area contributed by atoms with Crippen molar-refractivity contribution in [3.63, 3.8) is 0 Å². The molecule has 0 aliphatic heterocycles. The number of fused-ring (bicyclic) bond motifs is 3. The lowest BCUT2D eigenvalue weighted by molar-refractivity contribution is 0.415. The van der Waals surface area contributed by atoms with Crippen molar-refractivity contribution < 1.29 is 4.74 Å². The van der Waals surface area contributed by atoms with Crippen LogP contribution in [0.5, 0.6) is 5.75 Å². The average molecular weight is 319 g/mol. The molecule has 3 heterocycles. The largest absolute Gasteiger partial charge is 0.497 e. The molecule has 0 saturated carbocycles. The first kappa shape index (κ1) is 14.1. The summed E-state index contributed by atoms with van der Waals surface area (Å²) in [7, 11) is 1.60. The Morgan fingerprint density at radius 1 is 1.25 bits per heavy atom. The molecular formula is C17H13N5O2. The molecular weight excluding hydrogens is 306 g/mol. The number of ether oxygens (including phenoxy) is 1. The zero-order chi connectivity index (χ0) is 16.5. The maximum absolute atomic E-state index is 12.6. The van der Waals surface area contributed by atoms with Gasteiger partial charge in [-0.1, -0.05) is 0 Å². The van der Waals surface area contributed by atoms with Crippen LogP contribution >= 0.6 is 0 Å². The fourth-order valence-corrected chi connectivity index (χ4v) is 2.51. The maximum atomic E-state index is 12.6. The van der Waals surface area contributed by atoms with Crippen LogP contribution in [-0.4, -0.2) is 33.0 Å². The second-order valence-electron chi connectivity index (χ2n) is 5.18. The van der Waals surface area contributed by atoms with Crippen LogP contribution in [0.4, 0.5) is 0 Å². The molecule has 0 amide bonds. The summed E-state index contributed by atoms with van der Waals surface area (Å²) >= 11 is 0. The number of nitrogens with one attached hydrogen (secondary N) is 1. The van der Waals surface area contributed by atoms with E-state index in [1.54, 1.807) is 37.9 Å². The molecule has 0 saturated heterocycles. The van der Waals surface area contributed by atoms with Crippen molar-refractivity contribution in [2.75, 3.05) is 7.11 Å². The molecule has 4 aromatic rings. The van der Waals surface area contributed by atoms with E-state index in [1.165, 1.54) is 11.0 Å². The third kappa shape index (κ3) is 2.32. The van der Waals surface area contributed by atoms with Crippen molar-refractivity contribution in [3.8, 4) is 5.75 Å². The molecule has 24 heavy (non-hydrogen) atoms. The van der Waals surface area contributed by atoms with Gasteiger partial charge in [0.05, 0.1) is 13.3 Å². The number of H-pyrrole nitrogens is 1. The van der Waals surface area contributed by atoms with E-state index in [2.05, 4.69) is 20.1 Å². The Morgan fingerprint density at radius 3 is 2.88 bits per heavy atom. The van der Waals surface area contributed by atoms with Crippen LogP contribution in [0.15, 0.2) is 58.9 Å². The molecule has 0 aliphatic rings. The Labute approximate surface area is 136 Å². The van der Waals surface area contributed by atoms with Crippen LogP contribution in [-0.2, 0) is 0 Å². The molecule has 0 spiro atoms. The Balaban J connectivity index is 1.85. The van der Waals surface area contributed by atoms with Gasteiger partial charge in [-0.2, -0.15) is 9.78 Å². The van der Waals surface area contributed by atoms with E-state index >= 15 is 0 Å². The summed E-state index contributed by atoms with van der Waals surface area (Å²) in [6.45, 7) is 0. The number of hydrogen-bond donors (Lipinski definition) is 1. The minimum Gasteiger partial charge on any atom is -0.497 e. The van der Waals surface area contributed by atoms with E-state index in [-0.39, 0.29) is 5.56 Å². The lowest BCUT2D eigenvalue weighted by atomic mass is 10.2. The van der Waals surface area contributed by atoms with Crippen LogP contribution in [0.2, 0.25) is 0 Å². The highest BCUT2D eigenvalue weighted by molar-refractivity contribution is 6.04. The maximum Gasteiger partial charge on any atom is 0.298 e. The summed E-state index contributed by atoms with van der Waals surface area (Å²) < 4.78 is 6.43. The van der Waals surface area contributed by atoms with Gasteiger partial charge in [0.1, 0.15) is 23.1 Å². The Hall–Kier alpha value is -3.48. The summed E-state index contributed by atoms with van der Waals surface area (Å²) in [6, 6.07) is 9.15. The number of methoxy groups -OCH3 is 1. The normalized spacial score (nSPS) is 11.5. The predicted molar refractivity (Wildman–Crippen MR) is 91.6 cm³/mol. The van der Waals surface area contributed by atoms with Gasteiger partial charge in [-0.25, -0.2) is 4.98 Å². The number of aromatic nitrogens is 4. The zero-order valence-electron chi connectivity index (χ0n) is 12.8. The van der Waals surface area contributed by atoms with E-state index < -0.39 is 0 Å². The van der Waals surface area contributed by atoms with Crippen molar-refractivity contribution in [2.24, 2.45) is 5.10 Å². The van der Waals surface area contributed by atoms with E-state index in [0.717, 1.165) is 16.5 Å². The molecule has 0 unspecified atom stereocenters. The lowest BCUT2D eigenvalue weighted by Crippen LogP contribution is -2.17. The topological polar surface area (TPSA) is 85.2 Å². The van der Waals surface area contributed by atoms with Crippen molar-refractivity contribution in [3.05, 3.63) is 65.0 Å². The summed E-state index contributed by atoms with van der Waals surface area (Å²) in [5.41, 5.74) is 2.42. The quantitative estimate of drug-likeness (QED) is 0.586. The van der Waals surface area contributed by atoms with Crippen molar-refractivity contribution >= 4 is 28.2 Å². The first-order chi connectivity index (χ1) is 11.8. The number of nitrogens with zero attached hydrogens (tertiary/aromatic N) is 4. The standard InChI is InChI=1S/C17H13N5O2/c1-24-12-2-3-14-13(8-12)15-16(21-14)17(23)22(10-19-15)20-9-11-4-6-18-7-5-11/h2-10,21H,1H3/b20-9-. The average Bonchev–Trinajstić information content (AvgIpc) is 3.00. The van der Waals surface area contributed by atoms with Gasteiger partial charge in [-0.05, 0) is 35.9 Å². The van der Waals surface area contributed by atoms with Gasteiger partial charge in [0.2, 0.25) is 0 Å². The number of aromatic amines is 1. The molecule has 0 atom stereocenters. The molecule has 0 fully saturated rings. The van der Waals surface area contributed by atoms with Gasteiger partial charge in [-0.15, -0.1) is 0 Å². The van der Waals surface area contributed by atoms with Gasteiger partial charge in [0.25, 0.3) is 5.56 Å². The molecule has 3 aromatic heterocycles. The monoisotopic (exact) mass is 319 g/mol. The van der Waals surface area contributed by atoms with Gasteiger partial charge in [-0.3, -0.25) is 9.78 Å². The summed E-state index contributed by atoms with van der Waals surface area (Å²) in [5.74, 6) is 0.713. The second kappa shape index (κ2) is 5.62. The second-order valence-corrected chi connectivity index (χ2v) is 5.18. The van der Waals surface area contributed by atoms with Crippen LogP contribution in [0.25, 0.3) is 21.9 Å². The van der Waals surface area contributed by atoms with Crippen molar-refractivity contribution in [1.29, 1.82) is 0 Å². The van der Waals surface area contributed by atoms with Crippen molar-refractivity contribution in [2.45, 2.75) is 0 Å². The molecule has 4 rings (SSSR count). The Morgan fingerprint density at radius 2 is 2.08 bits per heavy atom. The van der Waals surface area contributed by atoms with Crippen LogP contribution in [0.1, 0.15) is 5.56 Å². The van der Waals surface area contributed by atoms with Crippen LogP contribution in [0.3, 0.4) is 0 Å². The summed E-state index contributed by atoms with van der Waals surface area (Å²) in [4.78, 5) is 24.0. The summed E-state index contributed by atoms with van der Waals surface area (Å²) in [5, 5.41) is 5.01. The van der Waals surface area contributed by atoms with Gasteiger partial charge in [0.15, 0.2) is 0 Å². The van der Waals surface area contributed by atoms with Crippen molar-refractivity contribution in [1.82, 2.24) is 19.6 Å². The highest BCUT2D eigenvalue weighted by Crippen LogP contribution is 2.25. The van der Waals surface area contributed by atoms with E-state index in [1.807, 2.05) is 18.2 Å². The molecule has 1 aromatic carbocycles. The number of rotatable bonds is 3. The molecule has 7 nitrogen and oxygen atoms in total. The van der Waals surface area contributed by atoms with Crippen LogP contribution in [0, 0.1) is 0 Å². The summed E-state index contributed by atoms with van der Waals surface area (Å²) in [6.07, 6.45) is 6.32. The van der Waals surface area contributed by atoms with Gasteiger partial charge in [0, 0.05) is 23.3 Å². The number of hydrogen-bond acceptors (Lipinski definition) is 5. The fourth-order valence-electron chi connectivity index (χ4n) is 2.51. The smallest absolute Gasteiger partial charge is 0.298 e. The minimum atomic E-state index is -0.263. The first-order valence-corrected chi connectivity index (χ1v) is 7.28. The van der Waals surface area contributed by atoms with E-state index in [0.29, 0.717) is 16.8 Å². The Kier molecular flexibility index (Phi) is 3.31. The highest BCUT2D eigenvalue weighted by Gasteiger charge is 2.11. The number of benzene rings is 1. The van der Waals surface area contributed by atoms with Gasteiger partial charge >= 0.3 is 0 Å². The van der Waals surface area contributed by atoms with E-state index in [9.17, 15) is 4.79 Å². The van der Waals surface area contributed by atoms with E-state index in [4.69, 9.17) is 4.74 Å². The molecule has 0 aliphatic carbocycles. The highest BCUT2D eigenvalue weighted by atomic mass is 16.5. The first-order valence-electron chi connectivity index (χ1n) is 7.28. The molecule has 7 heteroatoms. The Bertz CT molecular complexity index is 1110.